The van der Waals surface area contributed by atoms with Crippen LogP contribution in [0.2, 0.25) is 0 Å². The molecule has 40 valence electrons. The van der Waals surface area contributed by atoms with Gasteiger partial charge in [0.2, 0.25) is 0 Å². The number of hydrogen-bond donors (Lipinski definition) is 1. The maximum Gasteiger partial charge on any atom is 0.0360 e. The lowest BCUT2D eigenvalue weighted by molar-refractivity contribution is 0.744. The van der Waals surface area contributed by atoms with Crippen molar-refractivity contribution in [3.05, 3.63) is 11.5 Å². The third-order valence-electron chi connectivity index (χ3n) is 1.04. The van der Waals surface area contributed by atoms with Crippen molar-refractivity contribution in [1.29, 1.82) is 0 Å². The Balaban J connectivity index is 2.28. The number of rotatable bonds is 1. The van der Waals surface area contributed by atoms with Crippen LogP contribution in [0.25, 0.3) is 0 Å². The summed E-state index contributed by atoms with van der Waals surface area (Å²) in [6.07, 6.45) is 3.38. The summed E-state index contributed by atoms with van der Waals surface area (Å²) in [5.74, 6) is 0. The second-order valence-electron chi connectivity index (χ2n) is 1.58. The van der Waals surface area contributed by atoms with Crippen LogP contribution in [-0.2, 0) is 0 Å². The predicted molar refractivity (Wildman–Crippen MR) is 33.9 cm³/mol. The SMILES string of the molecule is CCC1C=CSN1. The van der Waals surface area contributed by atoms with Crippen LogP contribution < -0.4 is 4.72 Å². The van der Waals surface area contributed by atoms with Crippen molar-refractivity contribution >= 4 is 11.9 Å². The van der Waals surface area contributed by atoms with Gasteiger partial charge in [-0.05, 0) is 11.8 Å². The second kappa shape index (κ2) is 2.38. The summed E-state index contributed by atoms with van der Waals surface area (Å²) in [5, 5.41) is 2.09. The van der Waals surface area contributed by atoms with Crippen LogP contribution in [0.1, 0.15) is 13.3 Å². The Morgan fingerprint density at radius 3 is 3.00 bits per heavy atom. The van der Waals surface area contributed by atoms with Crippen molar-refractivity contribution in [2.24, 2.45) is 0 Å². The molecule has 0 aromatic carbocycles. The van der Waals surface area contributed by atoms with Crippen LogP contribution in [0.3, 0.4) is 0 Å². The Morgan fingerprint density at radius 2 is 2.71 bits per heavy atom. The lowest BCUT2D eigenvalue weighted by Crippen LogP contribution is -2.13. The molecule has 0 saturated carbocycles. The lowest BCUT2D eigenvalue weighted by Gasteiger charge is -1.99. The van der Waals surface area contributed by atoms with Crippen LogP contribution in [0, 0.1) is 0 Å². The van der Waals surface area contributed by atoms with Crippen LogP contribution in [0.5, 0.6) is 0 Å². The van der Waals surface area contributed by atoms with Crippen LogP contribution in [0.4, 0.5) is 0 Å². The molecule has 1 nitrogen and oxygen atoms in total. The molecule has 0 radical (unpaired) electrons. The van der Waals surface area contributed by atoms with E-state index in [1.165, 1.54) is 6.42 Å². The highest BCUT2D eigenvalue weighted by molar-refractivity contribution is 8.00. The zero-order valence-electron chi connectivity index (χ0n) is 4.35. The average Bonchev–Trinajstić information content (AvgIpc) is 2.14. The summed E-state index contributed by atoms with van der Waals surface area (Å²) in [6, 6.07) is 0.630. The second-order valence-corrected chi connectivity index (χ2v) is 2.32. The minimum atomic E-state index is 0.630. The van der Waals surface area contributed by atoms with Gasteiger partial charge in [0.1, 0.15) is 0 Å². The molecule has 1 aliphatic heterocycles. The first-order valence-corrected chi connectivity index (χ1v) is 3.39. The Hall–Kier alpha value is 0.0500. The fraction of sp³-hybridized carbons (Fsp3) is 0.600. The fourth-order valence-corrected chi connectivity index (χ4v) is 1.29. The largest absolute Gasteiger partial charge is 0.253 e. The van der Waals surface area contributed by atoms with Crippen LogP contribution in [-0.4, -0.2) is 6.04 Å². The Bertz CT molecular complexity index is 80.1. The lowest BCUT2D eigenvalue weighted by atomic mass is 10.2. The minimum Gasteiger partial charge on any atom is -0.253 e. The molecule has 1 N–H and O–H groups in total. The molecule has 0 saturated heterocycles. The molecule has 0 aromatic heterocycles. The van der Waals surface area contributed by atoms with Gasteiger partial charge in [0, 0.05) is 6.04 Å². The minimum absolute atomic E-state index is 0.630. The van der Waals surface area contributed by atoms with Crippen molar-refractivity contribution in [2.75, 3.05) is 0 Å². The van der Waals surface area contributed by atoms with Crippen molar-refractivity contribution in [3.8, 4) is 0 Å². The van der Waals surface area contributed by atoms with E-state index in [9.17, 15) is 0 Å². The fourth-order valence-electron chi connectivity index (χ4n) is 0.520. The van der Waals surface area contributed by atoms with Crippen molar-refractivity contribution < 1.29 is 0 Å². The molecule has 0 fully saturated rings. The highest BCUT2D eigenvalue weighted by Gasteiger charge is 2.02. The zero-order chi connectivity index (χ0) is 5.11. The molecule has 1 heterocycles. The molecule has 1 rings (SSSR count). The van der Waals surface area contributed by atoms with E-state index in [1.54, 1.807) is 11.9 Å². The molecule has 0 bridgehead atoms. The Labute approximate surface area is 48.3 Å². The molecule has 7 heavy (non-hydrogen) atoms. The van der Waals surface area contributed by atoms with Gasteiger partial charge in [0.05, 0.1) is 0 Å². The first-order valence-electron chi connectivity index (χ1n) is 2.51. The van der Waals surface area contributed by atoms with Gasteiger partial charge >= 0.3 is 0 Å². The third-order valence-corrected chi connectivity index (χ3v) is 1.77. The van der Waals surface area contributed by atoms with Gasteiger partial charge in [0.15, 0.2) is 0 Å². The molecule has 2 heteroatoms. The topological polar surface area (TPSA) is 12.0 Å². The van der Waals surface area contributed by atoms with E-state index in [0.29, 0.717) is 6.04 Å². The summed E-state index contributed by atoms with van der Waals surface area (Å²) in [6.45, 7) is 2.17. The summed E-state index contributed by atoms with van der Waals surface area (Å²) < 4.78 is 3.21. The first-order chi connectivity index (χ1) is 3.43. The molecule has 0 aliphatic carbocycles. The zero-order valence-corrected chi connectivity index (χ0v) is 5.16. The highest BCUT2D eigenvalue weighted by atomic mass is 32.2. The molecular weight excluding hydrogens is 106 g/mol. The van der Waals surface area contributed by atoms with E-state index in [-0.39, 0.29) is 0 Å². The molecule has 1 unspecified atom stereocenters. The summed E-state index contributed by atoms with van der Waals surface area (Å²) in [7, 11) is 0. The number of nitrogens with one attached hydrogen (secondary N) is 1. The van der Waals surface area contributed by atoms with E-state index in [4.69, 9.17) is 0 Å². The molecule has 1 aliphatic rings. The van der Waals surface area contributed by atoms with Gasteiger partial charge in [0.25, 0.3) is 0 Å². The normalized spacial score (nSPS) is 29.0. The summed E-state index contributed by atoms with van der Waals surface area (Å²) in [5.41, 5.74) is 0. The van der Waals surface area contributed by atoms with Gasteiger partial charge < -0.3 is 0 Å². The Morgan fingerprint density at radius 1 is 1.86 bits per heavy atom. The standard InChI is InChI=1S/C5H9NS/c1-2-5-3-4-7-6-5/h3-6H,2H2,1H3. The van der Waals surface area contributed by atoms with Crippen LogP contribution in [0.15, 0.2) is 11.5 Å². The van der Waals surface area contributed by atoms with Gasteiger partial charge in [-0.2, -0.15) is 0 Å². The number of hydrogen-bond acceptors (Lipinski definition) is 2. The summed E-state index contributed by atoms with van der Waals surface area (Å²) >= 11 is 1.68. The monoisotopic (exact) mass is 115 g/mol. The van der Waals surface area contributed by atoms with E-state index in [0.717, 1.165) is 0 Å². The molecule has 0 spiro atoms. The maximum atomic E-state index is 3.21. The third kappa shape index (κ3) is 1.21. The van der Waals surface area contributed by atoms with Crippen molar-refractivity contribution in [1.82, 2.24) is 4.72 Å². The maximum absolute atomic E-state index is 3.21. The molecular formula is C5H9NS. The first kappa shape index (κ1) is 5.19. The summed E-state index contributed by atoms with van der Waals surface area (Å²) in [4.78, 5) is 0. The van der Waals surface area contributed by atoms with Crippen LogP contribution >= 0.6 is 11.9 Å². The van der Waals surface area contributed by atoms with E-state index >= 15 is 0 Å². The smallest absolute Gasteiger partial charge is 0.0360 e. The van der Waals surface area contributed by atoms with E-state index < -0.39 is 0 Å². The molecule has 0 aromatic rings. The predicted octanol–water partition coefficient (Wildman–Crippen LogP) is 1.53. The highest BCUT2D eigenvalue weighted by Crippen LogP contribution is 2.10. The van der Waals surface area contributed by atoms with E-state index in [2.05, 4.69) is 23.1 Å². The van der Waals surface area contributed by atoms with Gasteiger partial charge in [-0.1, -0.05) is 24.9 Å². The molecule has 1 atom stereocenters. The van der Waals surface area contributed by atoms with E-state index in [1.807, 2.05) is 0 Å². The van der Waals surface area contributed by atoms with Gasteiger partial charge in [-0.15, -0.1) is 0 Å². The molecule has 0 amide bonds. The van der Waals surface area contributed by atoms with Crippen molar-refractivity contribution in [3.63, 3.8) is 0 Å². The average molecular weight is 115 g/mol. The Kier molecular flexibility index (Phi) is 1.77. The van der Waals surface area contributed by atoms with Gasteiger partial charge in [-0.25, -0.2) is 0 Å². The van der Waals surface area contributed by atoms with Crippen molar-refractivity contribution in [2.45, 2.75) is 19.4 Å². The van der Waals surface area contributed by atoms with Gasteiger partial charge in [-0.3, -0.25) is 4.72 Å². The quantitative estimate of drug-likeness (QED) is 0.520.